The molecule has 0 aliphatic heterocycles. The van der Waals surface area contributed by atoms with Crippen molar-refractivity contribution in [2.24, 2.45) is 5.41 Å². The van der Waals surface area contributed by atoms with Gasteiger partial charge in [0.15, 0.2) is 16.8 Å². The Morgan fingerprint density at radius 3 is 1.07 bits per heavy atom. The number of aliphatic hydroxyl groups is 1. The fraction of sp³-hybridized carbons (Fsp3) is 0.889. The van der Waals surface area contributed by atoms with Gasteiger partial charge in [0.2, 0.25) is 0 Å². The average molecular weight is 627 g/mol. The van der Waals surface area contributed by atoms with Crippen LogP contribution in [0.4, 0.5) is 0 Å². The van der Waals surface area contributed by atoms with Crippen LogP contribution in [0.25, 0.3) is 0 Å². The molecule has 0 radical (unpaired) electrons. The molecule has 8 nitrogen and oxygen atoms in total. The van der Waals surface area contributed by atoms with Crippen molar-refractivity contribution >= 4 is 23.7 Å². The normalized spacial score (nSPS) is 14.2. The summed E-state index contributed by atoms with van der Waals surface area (Å²) < 4.78 is 0. The number of carboxylic acid groups (broad SMARTS) is 3. The predicted molar refractivity (Wildman–Crippen MR) is 176 cm³/mol. The van der Waals surface area contributed by atoms with E-state index in [4.69, 9.17) is 0 Å². The summed E-state index contributed by atoms with van der Waals surface area (Å²) in [5.74, 6) is -6.32. The van der Waals surface area contributed by atoms with Crippen LogP contribution in [-0.4, -0.2) is 49.7 Å². The molecule has 0 fully saturated rings. The SMILES string of the molecule is CCCCCCCCCCCCCCCCCCCCCCC(C(=O)O)(C(=O)CCCCCCC)C(O)(CC(=O)O)C(=O)O. The molecule has 0 aliphatic carbocycles. The molecular formula is C36H66O8. The van der Waals surface area contributed by atoms with Crippen LogP contribution < -0.4 is 0 Å². The van der Waals surface area contributed by atoms with Gasteiger partial charge in [0.25, 0.3) is 0 Å². The first kappa shape index (κ1) is 42.0. The molecule has 4 N–H and O–H groups in total. The van der Waals surface area contributed by atoms with Crippen molar-refractivity contribution in [3.05, 3.63) is 0 Å². The zero-order valence-electron chi connectivity index (χ0n) is 28.2. The third-order valence-corrected chi connectivity index (χ3v) is 9.22. The van der Waals surface area contributed by atoms with Crippen LogP contribution in [0.1, 0.15) is 194 Å². The highest BCUT2D eigenvalue weighted by atomic mass is 16.4. The number of carboxylic acids is 3. The van der Waals surface area contributed by atoms with Crippen molar-refractivity contribution in [2.45, 2.75) is 199 Å². The van der Waals surface area contributed by atoms with Crippen molar-refractivity contribution in [2.75, 3.05) is 0 Å². The van der Waals surface area contributed by atoms with Crippen LogP contribution in [0.15, 0.2) is 0 Å². The monoisotopic (exact) mass is 626 g/mol. The van der Waals surface area contributed by atoms with E-state index in [9.17, 15) is 39.6 Å². The first-order valence-electron chi connectivity index (χ1n) is 18.0. The molecule has 0 spiro atoms. The Morgan fingerprint density at radius 2 is 0.773 bits per heavy atom. The van der Waals surface area contributed by atoms with Gasteiger partial charge in [0.1, 0.15) is 0 Å². The van der Waals surface area contributed by atoms with E-state index in [2.05, 4.69) is 6.92 Å². The number of hydrogen-bond acceptors (Lipinski definition) is 5. The number of ketones is 1. The Morgan fingerprint density at radius 1 is 0.455 bits per heavy atom. The van der Waals surface area contributed by atoms with E-state index in [0.29, 0.717) is 19.3 Å². The molecule has 44 heavy (non-hydrogen) atoms. The molecule has 0 rings (SSSR count). The Kier molecular flexibility index (Phi) is 25.1. The molecule has 0 aromatic carbocycles. The molecule has 0 saturated heterocycles. The lowest BCUT2D eigenvalue weighted by molar-refractivity contribution is -0.196. The average Bonchev–Trinajstić information content (AvgIpc) is 2.97. The standard InChI is InChI=1S/C36H66O8/c1-3-5-7-9-10-11-12-13-14-15-16-17-18-19-20-21-22-23-25-27-29-35(33(40)41,31(37)28-26-24-8-6-4-2)36(44,34(42)43)30-32(38)39/h44H,3-30H2,1-2H3,(H,38,39)(H,40,41)(H,42,43). The van der Waals surface area contributed by atoms with E-state index in [0.717, 1.165) is 44.9 Å². The number of aliphatic carboxylic acids is 3. The van der Waals surface area contributed by atoms with Gasteiger partial charge in [-0.25, -0.2) is 4.79 Å². The highest BCUT2D eigenvalue weighted by Crippen LogP contribution is 2.43. The zero-order valence-corrected chi connectivity index (χ0v) is 28.2. The highest BCUT2D eigenvalue weighted by molar-refractivity contribution is 6.09. The van der Waals surface area contributed by atoms with Gasteiger partial charge in [0.05, 0.1) is 6.42 Å². The molecule has 2 unspecified atom stereocenters. The maximum Gasteiger partial charge on any atom is 0.338 e. The largest absolute Gasteiger partial charge is 0.481 e. The summed E-state index contributed by atoms with van der Waals surface area (Å²) in [5.41, 5.74) is -5.92. The lowest BCUT2D eigenvalue weighted by atomic mass is 9.63. The van der Waals surface area contributed by atoms with Gasteiger partial charge in [-0.2, -0.15) is 0 Å². The second kappa shape index (κ2) is 26.3. The number of carbonyl (C=O) groups is 4. The van der Waals surface area contributed by atoms with Crippen molar-refractivity contribution in [1.82, 2.24) is 0 Å². The molecule has 258 valence electrons. The van der Waals surface area contributed by atoms with Crippen molar-refractivity contribution in [1.29, 1.82) is 0 Å². The Hall–Kier alpha value is -1.96. The summed E-state index contributed by atoms with van der Waals surface area (Å²) in [6.07, 6.45) is 25.4. The third kappa shape index (κ3) is 16.9. The van der Waals surface area contributed by atoms with Gasteiger partial charge in [-0.05, 0) is 12.8 Å². The highest BCUT2D eigenvalue weighted by Gasteiger charge is 2.65. The van der Waals surface area contributed by atoms with Gasteiger partial charge in [0, 0.05) is 6.42 Å². The molecular weight excluding hydrogens is 560 g/mol. The van der Waals surface area contributed by atoms with E-state index < -0.39 is 47.5 Å². The fourth-order valence-electron chi connectivity index (χ4n) is 6.36. The minimum atomic E-state index is -3.22. The first-order chi connectivity index (χ1) is 21.1. The summed E-state index contributed by atoms with van der Waals surface area (Å²) in [6.45, 7) is 4.30. The number of hydrogen-bond donors (Lipinski definition) is 4. The molecule has 0 bridgehead atoms. The quantitative estimate of drug-likeness (QED) is 0.0415. The van der Waals surface area contributed by atoms with Crippen LogP contribution in [0, 0.1) is 5.41 Å². The maximum absolute atomic E-state index is 13.3. The Balaban J connectivity index is 4.47. The smallest absolute Gasteiger partial charge is 0.338 e. The van der Waals surface area contributed by atoms with Gasteiger partial charge in [-0.15, -0.1) is 0 Å². The molecule has 0 saturated carbocycles. The first-order valence-corrected chi connectivity index (χ1v) is 18.0. The number of carbonyl (C=O) groups excluding carboxylic acids is 1. The van der Waals surface area contributed by atoms with E-state index >= 15 is 0 Å². The second-order valence-corrected chi connectivity index (χ2v) is 13.0. The van der Waals surface area contributed by atoms with Gasteiger partial charge in [-0.3, -0.25) is 14.4 Å². The predicted octanol–water partition coefficient (Wildman–Crippen LogP) is 9.49. The summed E-state index contributed by atoms with van der Waals surface area (Å²) in [6, 6.07) is 0. The molecule has 0 aromatic heterocycles. The minimum Gasteiger partial charge on any atom is -0.481 e. The zero-order chi connectivity index (χ0) is 33.1. The lowest BCUT2D eigenvalue weighted by Crippen LogP contribution is -2.63. The van der Waals surface area contributed by atoms with E-state index in [-0.39, 0.29) is 12.8 Å². The minimum absolute atomic E-state index is 0.204. The van der Waals surface area contributed by atoms with Crippen molar-refractivity contribution < 1.29 is 39.6 Å². The second-order valence-electron chi connectivity index (χ2n) is 13.0. The maximum atomic E-state index is 13.3. The van der Waals surface area contributed by atoms with E-state index in [1.807, 2.05) is 6.92 Å². The van der Waals surface area contributed by atoms with E-state index in [1.54, 1.807) is 0 Å². The summed E-state index contributed by atoms with van der Waals surface area (Å²) in [7, 11) is 0. The van der Waals surface area contributed by atoms with Crippen LogP contribution in [-0.2, 0) is 19.2 Å². The topological polar surface area (TPSA) is 149 Å². The van der Waals surface area contributed by atoms with Crippen LogP contribution >= 0.6 is 0 Å². The van der Waals surface area contributed by atoms with Crippen LogP contribution in [0.2, 0.25) is 0 Å². The van der Waals surface area contributed by atoms with Gasteiger partial charge < -0.3 is 20.4 Å². The van der Waals surface area contributed by atoms with Crippen molar-refractivity contribution in [3.63, 3.8) is 0 Å². The number of unbranched alkanes of at least 4 members (excludes halogenated alkanes) is 23. The summed E-state index contributed by atoms with van der Waals surface area (Å²) in [5, 5.41) is 40.3. The molecule has 0 aromatic rings. The molecule has 0 aliphatic rings. The summed E-state index contributed by atoms with van der Waals surface area (Å²) in [4.78, 5) is 49.4. The van der Waals surface area contributed by atoms with Gasteiger partial charge >= 0.3 is 17.9 Å². The van der Waals surface area contributed by atoms with Crippen molar-refractivity contribution in [3.8, 4) is 0 Å². The molecule has 2 atom stereocenters. The van der Waals surface area contributed by atoms with Gasteiger partial charge in [-0.1, -0.05) is 168 Å². The fourth-order valence-corrected chi connectivity index (χ4v) is 6.36. The third-order valence-electron chi connectivity index (χ3n) is 9.22. The Labute approximate surface area is 267 Å². The van der Waals surface area contributed by atoms with Crippen LogP contribution in [0.5, 0.6) is 0 Å². The number of Topliss-reactive ketones (excluding diaryl/α,β-unsaturated/α-hetero) is 1. The summed E-state index contributed by atoms with van der Waals surface area (Å²) >= 11 is 0. The molecule has 8 heteroatoms. The number of rotatable bonds is 33. The Bertz CT molecular complexity index is 782. The van der Waals surface area contributed by atoms with E-state index in [1.165, 1.54) is 89.9 Å². The van der Waals surface area contributed by atoms with Crippen LogP contribution in [0.3, 0.4) is 0 Å². The molecule has 0 heterocycles. The molecule has 0 amide bonds. The lowest BCUT2D eigenvalue weighted by Gasteiger charge is -2.39.